The van der Waals surface area contributed by atoms with Gasteiger partial charge in [-0.1, -0.05) is 0 Å². The average Bonchev–Trinajstić information content (AvgIpc) is 2.01. The van der Waals surface area contributed by atoms with Gasteiger partial charge in [-0.15, -0.1) is 0 Å². The minimum absolute atomic E-state index is 0.333. The van der Waals surface area contributed by atoms with Gasteiger partial charge in [-0.05, 0) is 6.07 Å². The normalized spacial score (nSPS) is 11.4. The summed E-state index contributed by atoms with van der Waals surface area (Å²) in [4.78, 5) is 13.7. The number of hydrogen-bond donors (Lipinski definition) is 2. The first kappa shape index (κ1) is 10.3. The molecule has 1 aromatic rings. The number of primary amides is 1. The number of nitrogens with zero attached hydrogens (tertiary/aromatic N) is 1. The Kier molecular flexibility index (Phi) is 2.33. The van der Waals surface area contributed by atoms with Crippen LogP contribution in [0.3, 0.4) is 0 Å². The Morgan fingerprint density at radius 3 is 2.36 bits per heavy atom. The molecule has 1 amide bonds. The second-order valence-electron chi connectivity index (χ2n) is 2.49. The van der Waals surface area contributed by atoms with Crippen LogP contribution in [0, 0.1) is 0 Å². The summed E-state index contributed by atoms with van der Waals surface area (Å²) in [6.45, 7) is 0. The van der Waals surface area contributed by atoms with Gasteiger partial charge < -0.3 is 11.5 Å². The highest BCUT2D eigenvalue weighted by Crippen LogP contribution is 2.31. The Labute approximate surface area is 76.7 Å². The molecule has 0 atom stereocenters. The number of alkyl halides is 3. The lowest BCUT2D eigenvalue weighted by atomic mass is 10.1. The largest absolute Gasteiger partial charge is 0.434 e. The maximum Gasteiger partial charge on any atom is 0.434 e. The fourth-order valence-corrected chi connectivity index (χ4v) is 0.951. The van der Waals surface area contributed by atoms with E-state index in [0.29, 0.717) is 0 Å². The van der Waals surface area contributed by atoms with E-state index in [0.717, 1.165) is 12.3 Å². The number of hydrogen-bond acceptors (Lipinski definition) is 3. The zero-order chi connectivity index (χ0) is 10.9. The van der Waals surface area contributed by atoms with Crippen LogP contribution in [0.15, 0.2) is 12.3 Å². The molecule has 0 bridgehead atoms. The number of carbonyl (C=O) groups is 1. The van der Waals surface area contributed by atoms with E-state index in [-0.39, 0.29) is 5.69 Å². The van der Waals surface area contributed by atoms with E-state index >= 15 is 0 Å². The van der Waals surface area contributed by atoms with Gasteiger partial charge in [-0.3, -0.25) is 9.78 Å². The number of amides is 1. The van der Waals surface area contributed by atoms with Crippen molar-refractivity contribution in [3.63, 3.8) is 0 Å². The maximum absolute atomic E-state index is 12.3. The monoisotopic (exact) mass is 205 g/mol. The topological polar surface area (TPSA) is 82.0 Å². The van der Waals surface area contributed by atoms with Gasteiger partial charge in [0.1, 0.15) is 0 Å². The second-order valence-corrected chi connectivity index (χ2v) is 2.49. The zero-order valence-corrected chi connectivity index (χ0v) is 6.80. The minimum Gasteiger partial charge on any atom is -0.398 e. The quantitative estimate of drug-likeness (QED) is 0.710. The Morgan fingerprint density at radius 2 is 2.00 bits per heavy atom. The maximum atomic E-state index is 12.3. The summed E-state index contributed by atoms with van der Waals surface area (Å²) in [6, 6.07) is 1.08. The Bertz CT molecular complexity index is 375. The lowest BCUT2D eigenvalue weighted by Crippen LogP contribution is -2.22. The Balaban J connectivity index is 3.44. The van der Waals surface area contributed by atoms with Gasteiger partial charge in [-0.2, -0.15) is 13.2 Å². The van der Waals surface area contributed by atoms with Gasteiger partial charge >= 0.3 is 6.18 Å². The molecule has 1 rings (SSSR count). The van der Waals surface area contributed by atoms with Crippen LogP contribution in [0.2, 0.25) is 0 Å². The van der Waals surface area contributed by atoms with Crippen molar-refractivity contribution in [1.29, 1.82) is 0 Å². The Hall–Kier alpha value is -1.79. The molecule has 0 saturated carbocycles. The highest BCUT2D eigenvalue weighted by atomic mass is 19.4. The van der Waals surface area contributed by atoms with Crippen LogP contribution in [0.1, 0.15) is 16.1 Å². The molecule has 14 heavy (non-hydrogen) atoms. The third-order valence-corrected chi connectivity index (χ3v) is 1.50. The fraction of sp³-hybridized carbons (Fsp3) is 0.143. The number of rotatable bonds is 1. The zero-order valence-electron chi connectivity index (χ0n) is 6.80. The average molecular weight is 205 g/mol. The summed E-state index contributed by atoms with van der Waals surface area (Å²) in [5.74, 6) is -1.25. The number of anilines is 1. The van der Waals surface area contributed by atoms with Gasteiger partial charge in [0.15, 0.2) is 5.69 Å². The highest BCUT2D eigenvalue weighted by Gasteiger charge is 2.37. The third kappa shape index (κ3) is 1.76. The first-order chi connectivity index (χ1) is 6.34. The van der Waals surface area contributed by atoms with Crippen LogP contribution in [0.4, 0.5) is 18.9 Å². The Morgan fingerprint density at radius 1 is 1.43 bits per heavy atom. The summed E-state index contributed by atoms with van der Waals surface area (Å²) in [7, 11) is 0. The molecule has 0 saturated heterocycles. The van der Waals surface area contributed by atoms with E-state index in [9.17, 15) is 18.0 Å². The van der Waals surface area contributed by atoms with Crippen molar-refractivity contribution in [2.45, 2.75) is 6.18 Å². The molecule has 7 heteroatoms. The van der Waals surface area contributed by atoms with Gasteiger partial charge in [0.25, 0.3) is 5.91 Å². The van der Waals surface area contributed by atoms with Crippen molar-refractivity contribution in [3.8, 4) is 0 Å². The fourth-order valence-electron chi connectivity index (χ4n) is 0.951. The molecule has 0 aliphatic carbocycles. The third-order valence-electron chi connectivity index (χ3n) is 1.50. The summed E-state index contributed by atoms with van der Waals surface area (Å²) < 4.78 is 36.8. The van der Waals surface area contributed by atoms with Crippen LogP contribution in [-0.2, 0) is 6.18 Å². The first-order valence-electron chi connectivity index (χ1n) is 3.45. The summed E-state index contributed by atoms with van der Waals surface area (Å²) >= 11 is 0. The minimum atomic E-state index is -4.74. The predicted molar refractivity (Wildman–Crippen MR) is 42.2 cm³/mol. The summed E-state index contributed by atoms with van der Waals surface area (Å²) in [5.41, 5.74) is 7.45. The number of pyridine rings is 1. The van der Waals surface area contributed by atoms with E-state index in [1.54, 1.807) is 0 Å². The van der Waals surface area contributed by atoms with Crippen LogP contribution in [0.5, 0.6) is 0 Å². The molecule has 4 N–H and O–H groups in total. The summed E-state index contributed by atoms with van der Waals surface area (Å²) in [5, 5.41) is 0. The molecule has 1 heterocycles. The molecule has 0 aliphatic heterocycles. The molecule has 76 valence electrons. The molecule has 4 nitrogen and oxygen atoms in total. The van der Waals surface area contributed by atoms with Crippen molar-refractivity contribution in [3.05, 3.63) is 23.5 Å². The highest BCUT2D eigenvalue weighted by molar-refractivity contribution is 5.99. The lowest BCUT2D eigenvalue weighted by Gasteiger charge is -2.10. The van der Waals surface area contributed by atoms with Crippen LogP contribution < -0.4 is 11.5 Å². The van der Waals surface area contributed by atoms with Gasteiger partial charge in [0.05, 0.1) is 5.56 Å². The molecule has 0 radical (unpaired) electrons. The predicted octanol–water partition coefficient (Wildman–Crippen LogP) is 0.781. The van der Waals surface area contributed by atoms with E-state index in [1.807, 2.05) is 0 Å². The van der Waals surface area contributed by atoms with Gasteiger partial charge in [-0.25, -0.2) is 0 Å². The summed E-state index contributed by atoms with van der Waals surface area (Å²) in [6.07, 6.45) is -3.87. The van der Waals surface area contributed by atoms with Crippen LogP contribution in [0.25, 0.3) is 0 Å². The number of nitrogens with two attached hydrogens (primary N) is 2. The van der Waals surface area contributed by atoms with Crippen LogP contribution in [-0.4, -0.2) is 10.9 Å². The van der Waals surface area contributed by atoms with Crippen molar-refractivity contribution in [1.82, 2.24) is 4.98 Å². The van der Waals surface area contributed by atoms with Crippen molar-refractivity contribution in [2.24, 2.45) is 5.73 Å². The van der Waals surface area contributed by atoms with E-state index in [4.69, 9.17) is 11.5 Å². The standard InChI is InChI=1S/C7H6F3N3O/c8-7(9,10)5-4(6(12)14)3(11)1-2-13-5/h1-2H,(H2,11,13)(H2,12,14). The number of aromatic nitrogens is 1. The smallest absolute Gasteiger partial charge is 0.398 e. The first-order valence-corrected chi connectivity index (χ1v) is 3.45. The lowest BCUT2D eigenvalue weighted by molar-refractivity contribution is -0.141. The molecule has 1 aromatic heterocycles. The van der Waals surface area contributed by atoms with E-state index in [2.05, 4.69) is 4.98 Å². The molecule has 0 fully saturated rings. The molecular weight excluding hydrogens is 199 g/mol. The number of nitrogen functional groups attached to an aromatic ring is 1. The van der Waals surface area contributed by atoms with E-state index < -0.39 is 23.3 Å². The van der Waals surface area contributed by atoms with Crippen molar-refractivity contribution < 1.29 is 18.0 Å². The molecule has 0 aromatic carbocycles. The molecule has 0 unspecified atom stereocenters. The molecular formula is C7H6F3N3O. The van der Waals surface area contributed by atoms with Crippen LogP contribution >= 0.6 is 0 Å². The second kappa shape index (κ2) is 3.17. The van der Waals surface area contributed by atoms with E-state index in [1.165, 1.54) is 0 Å². The number of carbonyl (C=O) groups excluding carboxylic acids is 1. The number of halogens is 3. The molecule has 0 aliphatic rings. The SMILES string of the molecule is NC(=O)c1c(N)ccnc1C(F)(F)F. The van der Waals surface area contributed by atoms with Gasteiger partial charge in [0.2, 0.25) is 0 Å². The molecule has 0 spiro atoms. The van der Waals surface area contributed by atoms with Gasteiger partial charge in [0, 0.05) is 11.9 Å². The van der Waals surface area contributed by atoms with Crippen molar-refractivity contribution in [2.75, 3.05) is 5.73 Å². The van der Waals surface area contributed by atoms with Crippen molar-refractivity contribution >= 4 is 11.6 Å².